The fraction of sp³-hybridized carbons (Fsp3) is 0.222. The molecule has 0 spiro atoms. The summed E-state index contributed by atoms with van der Waals surface area (Å²) in [5.74, 6) is -0.485. The molecule has 0 unspecified atom stereocenters. The Balaban J connectivity index is 1.83. The predicted molar refractivity (Wildman–Crippen MR) is 89.6 cm³/mol. The Labute approximate surface area is 139 Å². The number of aromatic amines is 1. The summed E-state index contributed by atoms with van der Waals surface area (Å²) in [5.41, 5.74) is 2.91. The maximum Gasteiger partial charge on any atom is 0.275 e. The number of carbonyl (C=O) groups excluding carboxylic acids is 1. The lowest BCUT2D eigenvalue weighted by Gasteiger charge is -2.16. The van der Waals surface area contributed by atoms with Gasteiger partial charge < -0.3 is 9.64 Å². The zero-order valence-corrected chi connectivity index (χ0v) is 13.8. The summed E-state index contributed by atoms with van der Waals surface area (Å²) in [4.78, 5) is 14.2. The molecule has 0 bridgehead atoms. The van der Waals surface area contributed by atoms with Crippen LogP contribution in [-0.2, 0) is 6.54 Å². The van der Waals surface area contributed by atoms with Crippen molar-refractivity contribution in [2.75, 3.05) is 14.2 Å². The Hall–Kier alpha value is -2.89. The Morgan fingerprint density at radius 3 is 2.79 bits per heavy atom. The minimum Gasteiger partial charge on any atom is -0.494 e. The molecule has 0 aliphatic rings. The quantitative estimate of drug-likeness (QED) is 0.800. The first-order chi connectivity index (χ1) is 11.5. The first-order valence-electron chi connectivity index (χ1n) is 7.52. The van der Waals surface area contributed by atoms with Gasteiger partial charge >= 0.3 is 0 Å². The number of hydrogen-bond acceptors (Lipinski definition) is 3. The van der Waals surface area contributed by atoms with E-state index in [-0.39, 0.29) is 18.2 Å². The highest BCUT2D eigenvalue weighted by molar-refractivity contribution is 6.04. The summed E-state index contributed by atoms with van der Waals surface area (Å²) in [5, 5.41) is 7.78. The normalized spacial score (nSPS) is 10.8. The average Bonchev–Trinajstić information content (AvgIpc) is 2.97. The van der Waals surface area contributed by atoms with E-state index in [0.29, 0.717) is 11.3 Å². The van der Waals surface area contributed by atoms with Crippen LogP contribution in [0.25, 0.3) is 10.9 Å². The Morgan fingerprint density at radius 2 is 2.08 bits per heavy atom. The second kappa shape index (κ2) is 6.31. The highest BCUT2D eigenvalue weighted by atomic mass is 19.1. The lowest BCUT2D eigenvalue weighted by Crippen LogP contribution is -2.26. The van der Waals surface area contributed by atoms with Gasteiger partial charge in [0.25, 0.3) is 5.91 Å². The summed E-state index contributed by atoms with van der Waals surface area (Å²) < 4.78 is 18.7. The number of methoxy groups -OCH3 is 1. The number of nitrogens with zero attached hydrogens (tertiary/aromatic N) is 2. The molecule has 0 fully saturated rings. The van der Waals surface area contributed by atoms with Crippen LogP contribution in [0.4, 0.5) is 4.39 Å². The number of H-pyrrole nitrogens is 1. The van der Waals surface area contributed by atoms with E-state index in [0.717, 1.165) is 16.5 Å². The molecule has 2 aromatic carbocycles. The Morgan fingerprint density at radius 1 is 1.29 bits per heavy atom. The van der Waals surface area contributed by atoms with E-state index in [1.54, 1.807) is 19.2 Å². The van der Waals surface area contributed by atoms with E-state index in [9.17, 15) is 9.18 Å². The molecule has 6 heteroatoms. The third-order valence-corrected chi connectivity index (χ3v) is 3.90. The van der Waals surface area contributed by atoms with E-state index in [1.165, 1.54) is 18.1 Å². The van der Waals surface area contributed by atoms with Crippen molar-refractivity contribution in [3.8, 4) is 5.75 Å². The van der Waals surface area contributed by atoms with Crippen molar-refractivity contribution in [1.82, 2.24) is 15.1 Å². The smallest absolute Gasteiger partial charge is 0.275 e. The SMILES string of the molecule is COc1ccc(CN(C)C(=O)c2n[nH]c3ccc(C)cc23)cc1F. The van der Waals surface area contributed by atoms with Gasteiger partial charge in [-0.15, -0.1) is 0 Å². The zero-order valence-electron chi connectivity index (χ0n) is 13.8. The van der Waals surface area contributed by atoms with Crippen LogP contribution < -0.4 is 4.74 Å². The number of nitrogens with one attached hydrogen (secondary N) is 1. The van der Waals surface area contributed by atoms with Crippen molar-refractivity contribution in [2.45, 2.75) is 13.5 Å². The van der Waals surface area contributed by atoms with Gasteiger partial charge in [-0.1, -0.05) is 17.7 Å². The van der Waals surface area contributed by atoms with E-state index in [4.69, 9.17) is 4.74 Å². The molecule has 1 amide bonds. The monoisotopic (exact) mass is 327 g/mol. The summed E-state index contributed by atoms with van der Waals surface area (Å²) in [6.07, 6.45) is 0. The van der Waals surface area contributed by atoms with Gasteiger partial charge in [0.2, 0.25) is 0 Å². The molecule has 3 rings (SSSR count). The van der Waals surface area contributed by atoms with Gasteiger partial charge in [0, 0.05) is 19.0 Å². The minimum atomic E-state index is -0.448. The molecule has 0 atom stereocenters. The number of halogens is 1. The predicted octanol–water partition coefficient (Wildman–Crippen LogP) is 3.29. The number of benzene rings is 2. The van der Waals surface area contributed by atoms with Gasteiger partial charge in [-0.3, -0.25) is 9.89 Å². The molecule has 1 aromatic heterocycles. The average molecular weight is 327 g/mol. The van der Waals surface area contributed by atoms with E-state index in [1.807, 2.05) is 25.1 Å². The third-order valence-electron chi connectivity index (χ3n) is 3.90. The van der Waals surface area contributed by atoms with Crippen LogP contribution in [-0.4, -0.2) is 35.2 Å². The summed E-state index contributed by atoms with van der Waals surface area (Å²) in [7, 11) is 3.08. The van der Waals surface area contributed by atoms with Gasteiger partial charge in [-0.2, -0.15) is 5.10 Å². The standard InChI is InChI=1S/C18H18FN3O2/c1-11-4-6-15-13(8-11)17(21-20-15)18(23)22(2)10-12-5-7-16(24-3)14(19)9-12/h4-9H,10H2,1-3H3,(H,20,21). The Bertz CT molecular complexity index is 904. The molecule has 24 heavy (non-hydrogen) atoms. The van der Waals surface area contributed by atoms with Gasteiger partial charge in [0.15, 0.2) is 17.3 Å². The highest BCUT2D eigenvalue weighted by Crippen LogP contribution is 2.21. The number of aryl methyl sites for hydroxylation is 1. The number of hydrogen-bond donors (Lipinski definition) is 1. The largest absolute Gasteiger partial charge is 0.494 e. The minimum absolute atomic E-state index is 0.182. The van der Waals surface area contributed by atoms with E-state index >= 15 is 0 Å². The molecular formula is C18H18FN3O2. The third kappa shape index (κ3) is 2.95. The number of rotatable bonds is 4. The van der Waals surface area contributed by atoms with Crippen LogP contribution >= 0.6 is 0 Å². The Kier molecular flexibility index (Phi) is 4.20. The van der Waals surface area contributed by atoms with Gasteiger partial charge in [-0.05, 0) is 36.8 Å². The topological polar surface area (TPSA) is 58.2 Å². The molecule has 0 saturated heterocycles. The molecule has 3 aromatic rings. The fourth-order valence-electron chi connectivity index (χ4n) is 2.63. The molecule has 5 nitrogen and oxygen atoms in total. The number of amides is 1. The van der Waals surface area contributed by atoms with Crippen LogP contribution in [0.1, 0.15) is 21.6 Å². The molecule has 1 N–H and O–H groups in total. The summed E-state index contributed by atoms with van der Waals surface area (Å²) in [6, 6.07) is 10.4. The maximum atomic E-state index is 13.8. The molecule has 124 valence electrons. The van der Waals surface area contributed by atoms with Gasteiger partial charge in [-0.25, -0.2) is 4.39 Å². The van der Waals surface area contributed by atoms with Crippen molar-refractivity contribution in [3.63, 3.8) is 0 Å². The van der Waals surface area contributed by atoms with Crippen molar-refractivity contribution in [1.29, 1.82) is 0 Å². The van der Waals surface area contributed by atoms with E-state index in [2.05, 4.69) is 10.2 Å². The van der Waals surface area contributed by atoms with Crippen molar-refractivity contribution in [2.24, 2.45) is 0 Å². The lowest BCUT2D eigenvalue weighted by molar-refractivity contribution is 0.0781. The molecule has 1 heterocycles. The number of fused-ring (bicyclic) bond motifs is 1. The van der Waals surface area contributed by atoms with E-state index < -0.39 is 5.82 Å². The molecule has 0 aliphatic carbocycles. The van der Waals surface area contributed by atoms with Crippen LogP contribution in [0.2, 0.25) is 0 Å². The number of ether oxygens (including phenoxy) is 1. The lowest BCUT2D eigenvalue weighted by atomic mass is 10.1. The molecule has 0 radical (unpaired) electrons. The first-order valence-corrected chi connectivity index (χ1v) is 7.52. The van der Waals surface area contributed by atoms with Crippen molar-refractivity contribution >= 4 is 16.8 Å². The van der Waals surface area contributed by atoms with Crippen molar-refractivity contribution in [3.05, 3.63) is 59.0 Å². The van der Waals surface area contributed by atoms with Gasteiger partial charge in [0.1, 0.15) is 0 Å². The second-order valence-electron chi connectivity index (χ2n) is 5.75. The van der Waals surface area contributed by atoms with Crippen LogP contribution in [0.15, 0.2) is 36.4 Å². The van der Waals surface area contributed by atoms with Crippen LogP contribution in [0.3, 0.4) is 0 Å². The molecule has 0 aliphatic heterocycles. The highest BCUT2D eigenvalue weighted by Gasteiger charge is 2.19. The maximum absolute atomic E-state index is 13.8. The van der Waals surface area contributed by atoms with Gasteiger partial charge in [0.05, 0.1) is 12.6 Å². The zero-order chi connectivity index (χ0) is 17.3. The summed E-state index contributed by atoms with van der Waals surface area (Å²) in [6.45, 7) is 2.24. The first kappa shape index (κ1) is 16.0. The molecular weight excluding hydrogens is 309 g/mol. The molecule has 0 saturated carbocycles. The van der Waals surface area contributed by atoms with Crippen LogP contribution in [0.5, 0.6) is 5.75 Å². The van der Waals surface area contributed by atoms with Crippen molar-refractivity contribution < 1.29 is 13.9 Å². The fourth-order valence-corrected chi connectivity index (χ4v) is 2.63. The number of aromatic nitrogens is 2. The summed E-state index contributed by atoms with van der Waals surface area (Å²) >= 11 is 0. The second-order valence-corrected chi connectivity index (χ2v) is 5.75. The number of carbonyl (C=O) groups is 1. The van der Waals surface area contributed by atoms with Crippen LogP contribution in [0, 0.1) is 12.7 Å².